The fraction of sp³-hybridized carbons (Fsp3) is 0.308. The summed E-state index contributed by atoms with van der Waals surface area (Å²) in [5.74, 6) is -0.830. The fourth-order valence-electron chi connectivity index (χ4n) is 1.74. The van der Waals surface area contributed by atoms with Crippen molar-refractivity contribution in [2.24, 2.45) is 0 Å². The summed E-state index contributed by atoms with van der Waals surface area (Å²) in [5, 5.41) is 9.44. The lowest BCUT2D eigenvalue weighted by Gasteiger charge is -2.06. The molecule has 2 aromatic rings. The fourth-order valence-corrected chi connectivity index (χ4v) is 2.49. The molecule has 0 saturated carbocycles. The van der Waals surface area contributed by atoms with Gasteiger partial charge in [-0.3, -0.25) is 9.78 Å². The van der Waals surface area contributed by atoms with E-state index in [0.29, 0.717) is 11.7 Å². The number of imidazole rings is 1. The molecule has 19 heavy (non-hydrogen) atoms. The molecule has 0 bridgehead atoms. The summed E-state index contributed by atoms with van der Waals surface area (Å²) in [7, 11) is 0. The van der Waals surface area contributed by atoms with Crippen LogP contribution in [0.15, 0.2) is 29.6 Å². The summed E-state index contributed by atoms with van der Waals surface area (Å²) < 4.78 is 1.94. The molecule has 0 radical (unpaired) electrons. The molecule has 0 fully saturated rings. The Kier molecular flexibility index (Phi) is 4.21. The lowest BCUT2D eigenvalue weighted by molar-refractivity contribution is -0.133. The van der Waals surface area contributed by atoms with Gasteiger partial charge in [0.25, 0.3) is 0 Å². The zero-order valence-electron chi connectivity index (χ0n) is 10.8. The van der Waals surface area contributed by atoms with Gasteiger partial charge in [-0.1, -0.05) is 17.8 Å². The van der Waals surface area contributed by atoms with Gasteiger partial charge in [-0.15, -0.1) is 0 Å². The molecule has 0 aliphatic carbocycles. The number of carbonyl (C=O) groups is 1. The SMILES string of the molecule is Cc1cccc(Cn2cc(C)nc2SCC(=O)O)n1. The first-order chi connectivity index (χ1) is 9.04. The minimum atomic E-state index is -0.842. The molecule has 0 aliphatic rings. The maximum atomic E-state index is 10.6. The van der Waals surface area contributed by atoms with E-state index < -0.39 is 5.97 Å². The Balaban J connectivity index is 2.17. The largest absolute Gasteiger partial charge is 0.481 e. The number of nitrogens with zero attached hydrogens (tertiary/aromatic N) is 3. The van der Waals surface area contributed by atoms with Gasteiger partial charge in [0, 0.05) is 11.9 Å². The molecular weight excluding hydrogens is 262 g/mol. The number of aliphatic carboxylic acids is 1. The number of pyridine rings is 1. The van der Waals surface area contributed by atoms with Gasteiger partial charge < -0.3 is 9.67 Å². The van der Waals surface area contributed by atoms with Crippen LogP contribution >= 0.6 is 11.8 Å². The van der Waals surface area contributed by atoms with E-state index in [1.165, 1.54) is 11.8 Å². The molecule has 5 nitrogen and oxygen atoms in total. The van der Waals surface area contributed by atoms with Crippen molar-refractivity contribution in [2.75, 3.05) is 5.75 Å². The number of aromatic nitrogens is 3. The van der Waals surface area contributed by atoms with E-state index >= 15 is 0 Å². The minimum absolute atomic E-state index is 0.0116. The van der Waals surface area contributed by atoms with E-state index in [-0.39, 0.29) is 5.75 Å². The Bertz CT molecular complexity index is 595. The van der Waals surface area contributed by atoms with E-state index in [1.807, 2.05) is 42.8 Å². The van der Waals surface area contributed by atoms with Crippen molar-refractivity contribution in [3.8, 4) is 0 Å². The summed E-state index contributed by atoms with van der Waals surface area (Å²) in [6.07, 6.45) is 1.91. The van der Waals surface area contributed by atoms with Crippen LogP contribution in [0.4, 0.5) is 0 Å². The number of aryl methyl sites for hydroxylation is 2. The van der Waals surface area contributed by atoms with Crippen molar-refractivity contribution in [1.29, 1.82) is 0 Å². The van der Waals surface area contributed by atoms with Crippen molar-refractivity contribution in [3.05, 3.63) is 41.5 Å². The van der Waals surface area contributed by atoms with E-state index in [1.54, 1.807) is 0 Å². The Hall–Kier alpha value is -1.82. The van der Waals surface area contributed by atoms with Gasteiger partial charge in [0.05, 0.1) is 23.7 Å². The normalized spacial score (nSPS) is 10.6. The Labute approximate surface area is 115 Å². The minimum Gasteiger partial charge on any atom is -0.481 e. The number of thioether (sulfide) groups is 1. The van der Waals surface area contributed by atoms with Gasteiger partial charge in [0.1, 0.15) is 0 Å². The Morgan fingerprint density at radius 1 is 1.32 bits per heavy atom. The third-order valence-corrected chi connectivity index (χ3v) is 3.44. The van der Waals surface area contributed by atoms with E-state index in [9.17, 15) is 4.79 Å². The molecule has 0 unspecified atom stereocenters. The smallest absolute Gasteiger partial charge is 0.313 e. The number of hydrogen-bond donors (Lipinski definition) is 1. The van der Waals surface area contributed by atoms with E-state index in [2.05, 4.69) is 9.97 Å². The second-order valence-electron chi connectivity index (χ2n) is 4.25. The number of rotatable bonds is 5. The molecule has 2 rings (SSSR count). The van der Waals surface area contributed by atoms with Crippen LogP contribution < -0.4 is 0 Å². The first-order valence-electron chi connectivity index (χ1n) is 5.85. The average molecular weight is 277 g/mol. The van der Waals surface area contributed by atoms with Crippen molar-refractivity contribution >= 4 is 17.7 Å². The molecule has 6 heteroatoms. The van der Waals surface area contributed by atoms with Gasteiger partial charge in [0.2, 0.25) is 0 Å². The molecule has 0 aliphatic heterocycles. The standard InChI is InChI=1S/C13H15N3O2S/c1-9-4-3-5-11(14-9)7-16-6-10(2)15-13(16)19-8-12(17)18/h3-6H,7-8H2,1-2H3,(H,17,18). The molecule has 0 aromatic carbocycles. The highest BCUT2D eigenvalue weighted by Crippen LogP contribution is 2.18. The Morgan fingerprint density at radius 3 is 2.79 bits per heavy atom. The van der Waals surface area contributed by atoms with Crippen molar-refractivity contribution in [1.82, 2.24) is 14.5 Å². The van der Waals surface area contributed by atoms with Crippen LogP contribution in [0.2, 0.25) is 0 Å². The maximum Gasteiger partial charge on any atom is 0.313 e. The van der Waals surface area contributed by atoms with Crippen LogP contribution in [0.1, 0.15) is 17.1 Å². The second kappa shape index (κ2) is 5.88. The quantitative estimate of drug-likeness (QED) is 0.848. The predicted octanol–water partition coefficient (Wildman–Crippen LogP) is 2.12. The number of carboxylic acid groups (broad SMARTS) is 1. The van der Waals surface area contributed by atoms with Crippen LogP contribution in [0.5, 0.6) is 0 Å². The molecule has 1 N–H and O–H groups in total. The highest BCUT2D eigenvalue weighted by Gasteiger charge is 2.09. The van der Waals surface area contributed by atoms with Crippen LogP contribution in [0, 0.1) is 13.8 Å². The molecule has 0 atom stereocenters. The molecule has 2 heterocycles. The summed E-state index contributed by atoms with van der Waals surface area (Å²) in [4.78, 5) is 19.4. The summed E-state index contributed by atoms with van der Waals surface area (Å²) in [6.45, 7) is 4.44. The topological polar surface area (TPSA) is 68.0 Å². The monoisotopic (exact) mass is 277 g/mol. The second-order valence-corrected chi connectivity index (χ2v) is 5.19. The van der Waals surface area contributed by atoms with Gasteiger partial charge in [-0.25, -0.2) is 4.98 Å². The van der Waals surface area contributed by atoms with E-state index in [4.69, 9.17) is 5.11 Å². The van der Waals surface area contributed by atoms with Crippen molar-refractivity contribution in [2.45, 2.75) is 25.5 Å². The van der Waals surface area contributed by atoms with E-state index in [0.717, 1.165) is 17.1 Å². The van der Waals surface area contributed by atoms with Crippen molar-refractivity contribution in [3.63, 3.8) is 0 Å². The van der Waals surface area contributed by atoms with Gasteiger partial charge in [-0.2, -0.15) is 0 Å². The molecule has 0 spiro atoms. The number of carboxylic acids is 1. The molecular formula is C13H15N3O2S. The van der Waals surface area contributed by atoms with Crippen LogP contribution in [-0.2, 0) is 11.3 Å². The van der Waals surface area contributed by atoms with Gasteiger partial charge >= 0.3 is 5.97 Å². The Morgan fingerprint density at radius 2 is 2.11 bits per heavy atom. The summed E-state index contributed by atoms with van der Waals surface area (Å²) in [6, 6.07) is 5.86. The number of hydrogen-bond acceptors (Lipinski definition) is 4. The first-order valence-corrected chi connectivity index (χ1v) is 6.84. The molecule has 2 aromatic heterocycles. The zero-order valence-corrected chi connectivity index (χ0v) is 11.6. The van der Waals surface area contributed by atoms with Crippen LogP contribution in [-0.4, -0.2) is 31.4 Å². The van der Waals surface area contributed by atoms with Crippen molar-refractivity contribution < 1.29 is 9.90 Å². The maximum absolute atomic E-state index is 10.6. The highest BCUT2D eigenvalue weighted by atomic mass is 32.2. The highest BCUT2D eigenvalue weighted by molar-refractivity contribution is 7.99. The molecule has 100 valence electrons. The average Bonchev–Trinajstić information content (AvgIpc) is 2.67. The summed E-state index contributed by atoms with van der Waals surface area (Å²) in [5.41, 5.74) is 2.78. The molecule has 0 amide bonds. The zero-order chi connectivity index (χ0) is 13.8. The lowest BCUT2D eigenvalue weighted by atomic mass is 10.3. The van der Waals surface area contributed by atoms with Crippen LogP contribution in [0.25, 0.3) is 0 Å². The summed E-state index contributed by atoms with van der Waals surface area (Å²) >= 11 is 1.22. The lowest BCUT2D eigenvalue weighted by Crippen LogP contribution is -2.05. The first kappa shape index (κ1) is 13.6. The third-order valence-electron chi connectivity index (χ3n) is 2.46. The third kappa shape index (κ3) is 3.82. The van der Waals surface area contributed by atoms with Gasteiger partial charge in [0.15, 0.2) is 5.16 Å². The van der Waals surface area contributed by atoms with Crippen LogP contribution in [0.3, 0.4) is 0 Å². The van der Waals surface area contributed by atoms with Gasteiger partial charge in [-0.05, 0) is 26.0 Å². The predicted molar refractivity (Wildman–Crippen MR) is 73.4 cm³/mol. The molecule has 0 saturated heterocycles.